The molecule has 1 aromatic carbocycles. The Bertz CT molecular complexity index is 726. The average Bonchev–Trinajstić information content (AvgIpc) is 2.99. The Kier molecular flexibility index (Phi) is 3.94. The highest BCUT2D eigenvalue weighted by Crippen LogP contribution is 2.33. The number of amides is 1. The van der Waals surface area contributed by atoms with Gasteiger partial charge in [0.1, 0.15) is 11.8 Å². The number of ether oxygens (including phenoxy) is 1. The second-order valence-electron chi connectivity index (χ2n) is 5.97. The van der Waals surface area contributed by atoms with Gasteiger partial charge >= 0.3 is 0 Å². The van der Waals surface area contributed by atoms with Gasteiger partial charge in [-0.25, -0.2) is 0 Å². The van der Waals surface area contributed by atoms with Gasteiger partial charge in [-0.1, -0.05) is 19.0 Å². The van der Waals surface area contributed by atoms with E-state index in [1.54, 1.807) is 6.92 Å². The molecule has 3 rings (SSSR count). The highest BCUT2D eigenvalue weighted by atomic mass is 16.5. The van der Waals surface area contributed by atoms with Crippen molar-refractivity contribution in [2.75, 3.05) is 10.6 Å². The van der Waals surface area contributed by atoms with Gasteiger partial charge in [0, 0.05) is 11.6 Å². The molecule has 1 aliphatic heterocycles. The quantitative estimate of drug-likeness (QED) is 0.901. The van der Waals surface area contributed by atoms with E-state index in [1.807, 2.05) is 39.0 Å². The lowest BCUT2D eigenvalue weighted by Gasteiger charge is -2.24. The van der Waals surface area contributed by atoms with Gasteiger partial charge in [-0.05, 0) is 32.0 Å². The molecule has 2 heterocycles. The Balaban J connectivity index is 1.75. The Morgan fingerprint density at radius 3 is 2.78 bits per heavy atom. The minimum Gasteiger partial charge on any atom is -0.479 e. The van der Waals surface area contributed by atoms with Gasteiger partial charge in [0.25, 0.3) is 5.91 Å². The number of nitrogens with one attached hydrogen (secondary N) is 2. The van der Waals surface area contributed by atoms with Crippen LogP contribution in [0.4, 0.5) is 11.4 Å². The van der Waals surface area contributed by atoms with Crippen molar-refractivity contribution in [3.05, 3.63) is 29.9 Å². The summed E-state index contributed by atoms with van der Waals surface area (Å²) in [5.74, 6) is 1.95. The molecule has 0 unspecified atom stereocenters. The number of anilines is 2. The van der Waals surface area contributed by atoms with Crippen molar-refractivity contribution < 1.29 is 14.1 Å². The second-order valence-corrected chi connectivity index (χ2v) is 5.97. The molecule has 0 bridgehead atoms. The number of aromatic nitrogens is 2. The summed E-state index contributed by atoms with van der Waals surface area (Å²) < 4.78 is 10.8. The topological polar surface area (TPSA) is 89.3 Å². The van der Waals surface area contributed by atoms with E-state index in [0.29, 0.717) is 23.2 Å². The second kappa shape index (κ2) is 5.91. The molecule has 0 fully saturated rings. The van der Waals surface area contributed by atoms with Crippen molar-refractivity contribution in [3.8, 4) is 5.75 Å². The Morgan fingerprint density at radius 2 is 2.09 bits per heavy atom. The first kappa shape index (κ1) is 15.3. The van der Waals surface area contributed by atoms with Crippen molar-refractivity contribution in [1.82, 2.24) is 10.1 Å². The summed E-state index contributed by atoms with van der Waals surface area (Å²) in [5, 5.41) is 10.1. The molecule has 2 aromatic rings. The van der Waals surface area contributed by atoms with Crippen LogP contribution in [-0.4, -0.2) is 22.2 Å². The van der Waals surface area contributed by atoms with Crippen LogP contribution in [-0.2, 0) is 4.79 Å². The molecule has 2 N–H and O–H groups in total. The number of carbonyl (C=O) groups excluding carboxylic acids is 1. The zero-order chi connectivity index (χ0) is 16.6. The lowest BCUT2D eigenvalue weighted by Crippen LogP contribution is -2.34. The molecule has 23 heavy (non-hydrogen) atoms. The van der Waals surface area contributed by atoms with E-state index in [0.717, 1.165) is 5.69 Å². The maximum Gasteiger partial charge on any atom is 0.265 e. The molecule has 0 saturated carbocycles. The molecule has 2 atom stereocenters. The van der Waals surface area contributed by atoms with E-state index < -0.39 is 6.10 Å². The van der Waals surface area contributed by atoms with Gasteiger partial charge in [0.2, 0.25) is 5.89 Å². The van der Waals surface area contributed by atoms with Crippen LogP contribution in [0.3, 0.4) is 0 Å². The molecule has 1 aromatic heterocycles. The van der Waals surface area contributed by atoms with Gasteiger partial charge in [-0.15, -0.1) is 0 Å². The van der Waals surface area contributed by atoms with Crippen LogP contribution in [0.25, 0.3) is 0 Å². The van der Waals surface area contributed by atoms with Crippen LogP contribution in [0.2, 0.25) is 0 Å². The zero-order valence-electron chi connectivity index (χ0n) is 13.6. The number of carbonyl (C=O) groups is 1. The lowest BCUT2D eigenvalue weighted by molar-refractivity contribution is -0.122. The highest BCUT2D eigenvalue weighted by Gasteiger charge is 2.24. The van der Waals surface area contributed by atoms with Gasteiger partial charge in [-0.2, -0.15) is 4.98 Å². The van der Waals surface area contributed by atoms with Crippen LogP contribution in [0.1, 0.15) is 51.4 Å². The molecular formula is C16H20N4O3. The van der Waals surface area contributed by atoms with Crippen molar-refractivity contribution in [2.24, 2.45) is 0 Å². The number of fused-ring (bicyclic) bond motifs is 1. The number of nitrogens with zero attached hydrogens (tertiary/aromatic N) is 2. The fraction of sp³-hybridized carbons (Fsp3) is 0.438. The number of benzene rings is 1. The maximum atomic E-state index is 11.7. The summed E-state index contributed by atoms with van der Waals surface area (Å²) in [6, 6.07) is 5.40. The Hall–Kier alpha value is -2.57. The summed E-state index contributed by atoms with van der Waals surface area (Å²) in [6.45, 7) is 7.68. The smallest absolute Gasteiger partial charge is 0.265 e. The van der Waals surface area contributed by atoms with Crippen LogP contribution >= 0.6 is 0 Å². The van der Waals surface area contributed by atoms with Crippen molar-refractivity contribution in [3.63, 3.8) is 0 Å². The van der Waals surface area contributed by atoms with E-state index in [1.165, 1.54) is 0 Å². The summed E-state index contributed by atoms with van der Waals surface area (Å²) in [4.78, 5) is 16.1. The third-order valence-corrected chi connectivity index (χ3v) is 3.64. The van der Waals surface area contributed by atoms with E-state index in [2.05, 4.69) is 20.8 Å². The maximum absolute atomic E-state index is 11.7. The first-order valence-electron chi connectivity index (χ1n) is 7.65. The molecule has 0 spiro atoms. The van der Waals surface area contributed by atoms with Gasteiger partial charge in [0.05, 0.1) is 5.69 Å². The standard InChI is InChI=1S/C16H20N4O3/c1-8(2)14-19-16(23-20-14)9(3)17-11-5-6-13-12(7-11)18-15(21)10(4)22-13/h5-10,17H,1-4H3,(H,18,21)/t9-,10-/m0/s1. The molecule has 1 aliphatic rings. The monoisotopic (exact) mass is 316 g/mol. The molecule has 7 heteroatoms. The zero-order valence-corrected chi connectivity index (χ0v) is 13.6. The van der Waals surface area contributed by atoms with Crippen LogP contribution in [0, 0.1) is 0 Å². The van der Waals surface area contributed by atoms with E-state index in [-0.39, 0.29) is 17.9 Å². The van der Waals surface area contributed by atoms with Crippen LogP contribution in [0.5, 0.6) is 5.75 Å². The third-order valence-electron chi connectivity index (χ3n) is 3.64. The Labute approximate surface area is 134 Å². The van der Waals surface area contributed by atoms with E-state index >= 15 is 0 Å². The summed E-state index contributed by atoms with van der Waals surface area (Å²) in [7, 11) is 0. The molecule has 122 valence electrons. The molecule has 0 radical (unpaired) electrons. The van der Waals surface area contributed by atoms with E-state index in [4.69, 9.17) is 9.26 Å². The minimum absolute atomic E-state index is 0.146. The molecule has 7 nitrogen and oxygen atoms in total. The van der Waals surface area contributed by atoms with Gasteiger partial charge in [-0.3, -0.25) is 4.79 Å². The van der Waals surface area contributed by atoms with Crippen LogP contribution in [0.15, 0.2) is 22.7 Å². The number of hydrogen-bond acceptors (Lipinski definition) is 6. The molecular weight excluding hydrogens is 296 g/mol. The summed E-state index contributed by atoms with van der Waals surface area (Å²) >= 11 is 0. The molecule has 1 amide bonds. The van der Waals surface area contributed by atoms with Crippen molar-refractivity contribution >= 4 is 17.3 Å². The third kappa shape index (κ3) is 3.13. The number of rotatable bonds is 4. The van der Waals surface area contributed by atoms with Crippen LogP contribution < -0.4 is 15.4 Å². The lowest BCUT2D eigenvalue weighted by atomic mass is 10.2. The first-order valence-corrected chi connectivity index (χ1v) is 7.65. The molecule has 0 aliphatic carbocycles. The fourth-order valence-corrected chi connectivity index (χ4v) is 2.27. The predicted molar refractivity (Wildman–Crippen MR) is 85.6 cm³/mol. The van der Waals surface area contributed by atoms with Gasteiger partial charge in [0.15, 0.2) is 11.9 Å². The van der Waals surface area contributed by atoms with Crippen molar-refractivity contribution in [2.45, 2.75) is 45.8 Å². The number of hydrogen-bond donors (Lipinski definition) is 2. The largest absolute Gasteiger partial charge is 0.479 e. The summed E-state index contributed by atoms with van der Waals surface area (Å²) in [5.41, 5.74) is 1.48. The predicted octanol–water partition coefficient (Wildman–Crippen LogP) is 3.09. The highest BCUT2D eigenvalue weighted by molar-refractivity contribution is 5.98. The molecule has 0 saturated heterocycles. The SMILES string of the molecule is CC(C)c1noc([C@H](C)Nc2ccc3c(c2)NC(=O)[C@H](C)O3)n1. The summed E-state index contributed by atoms with van der Waals surface area (Å²) in [6.07, 6.45) is -0.479. The van der Waals surface area contributed by atoms with E-state index in [9.17, 15) is 4.79 Å². The Morgan fingerprint density at radius 1 is 1.30 bits per heavy atom. The fourth-order valence-electron chi connectivity index (χ4n) is 2.27. The van der Waals surface area contributed by atoms with Crippen molar-refractivity contribution in [1.29, 1.82) is 0 Å². The minimum atomic E-state index is -0.479. The average molecular weight is 316 g/mol. The normalized spacial score (nSPS) is 18.1. The van der Waals surface area contributed by atoms with Gasteiger partial charge < -0.3 is 19.9 Å². The first-order chi connectivity index (χ1) is 10.9.